The Bertz CT molecular complexity index is 1290. The summed E-state index contributed by atoms with van der Waals surface area (Å²) >= 11 is 0. The minimum absolute atomic E-state index is 0.174. The molecule has 1 aromatic heterocycles. The number of hydrogen-bond donors (Lipinski definition) is 1. The van der Waals surface area contributed by atoms with E-state index in [1.807, 2.05) is 19.1 Å². The Morgan fingerprint density at radius 2 is 1.85 bits per heavy atom. The highest BCUT2D eigenvalue weighted by molar-refractivity contribution is 6.11. The number of nitrogens with zero attached hydrogens (tertiary/aromatic N) is 1. The molecule has 6 nitrogen and oxygen atoms in total. The lowest BCUT2D eigenvalue weighted by molar-refractivity contribution is -0.995. The molecule has 3 unspecified atom stereocenters. The fourth-order valence-corrected chi connectivity index (χ4v) is 6.89. The minimum atomic E-state index is -0.637. The summed E-state index contributed by atoms with van der Waals surface area (Å²) in [6.07, 6.45) is 6.75. The lowest BCUT2D eigenvalue weighted by atomic mass is 9.72. The average Bonchev–Trinajstić information content (AvgIpc) is 3.18. The van der Waals surface area contributed by atoms with Gasteiger partial charge in [0.1, 0.15) is 5.75 Å². The number of piperidine rings is 2. The summed E-state index contributed by atoms with van der Waals surface area (Å²) in [6.45, 7) is 4.18. The molecule has 3 aromatic rings. The smallest absolute Gasteiger partial charge is 0.348 e. The number of carbonyl (C=O) groups excluding carboxylic acids is 2. The highest BCUT2D eigenvalue weighted by Crippen LogP contribution is 2.52. The maximum atomic E-state index is 13.3. The molecule has 2 aromatic carbocycles. The fraction of sp³-hybridized carbons (Fsp3) is 0.429. The van der Waals surface area contributed by atoms with Crippen molar-refractivity contribution in [2.45, 2.75) is 51.2 Å². The number of rotatable bonds is 2. The van der Waals surface area contributed by atoms with E-state index in [4.69, 9.17) is 9.47 Å². The van der Waals surface area contributed by atoms with Crippen LogP contribution < -0.4 is 4.74 Å². The van der Waals surface area contributed by atoms with E-state index >= 15 is 0 Å². The highest BCUT2D eigenvalue weighted by Gasteiger charge is 2.61. The molecule has 6 heteroatoms. The van der Waals surface area contributed by atoms with Gasteiger partial charge in [-0.25, -0.2) is 9.59 Å². The molecule has 2 fully saturated rings. The van der Waals surface area contributed by atoms with Gasteiger partial charge in [-0.15, -0.1) is 0 Å². The third-order valence-electron chi connectivity index (χ3n) is 8.55. The summed E-state index contributed by atoms with van der Waals surface area (Å²) in [5.74, 6) is 0.0316. The number of quaternary nitrogens is 1. The number of carbonyl (C=O) groups is 2. The van der Waals surface area contributed by atoms with E-state index in [0.717, 1.165) is 59.1 Å². The number of H-pyrrole nitrogens is 1. The molecular formula is C28H31N2O4+. The second kappa shape index (κ2) is 7.70. The van der Waals surface area contributed by atoms with Gasteiger partial charge < -0.3 is 14.5 Å². The molecule has 0 amide bonds. The van der Waals surface area contributed by atoms with E-state index in [0.29, 0.717) is 22.7 Å². The molecule has 1 N–H and O–H groups in total. The molecular weight excluding hydrogens is 428 g/mol. The van der Waals surface area contributed by atoms with Gasteiger partial charge in [-0.1, -0.05) is 18.2 Å². The van der Waals surface area contributed by atoms with Crippen LogP contribution in [0.2, 0.25) is 0 Å². The molecule has 3 aliphatic heterocycles. The molecule has 3 atom stereocenters. The van der Waals surface area contributed by atoms with Gasteiger partial charge in [0, 0.05) is 28.6 Å². The van der Waals surface area contributed by atoms with Gasteiger partial charge in [0.15, 0.2) is 0 Å². The number of hydrogen-bond acceptors (Lipinski definition) is 4. The van der Waals surface area contributed by atoms with Crippen LogP contribution in [0.3, 0.4) is 0 Å². The largest absolute Gasteiger partial charge is 0.440 e. The molecule has 2 saturated heterocycles. The molecule has 4 heterocycles. The summed E-state index contributed by atoms with van der Waals surface area (Å²) in [6, 6.07) is 12.7. The number of esters is 2. The number of aryl methyl sites for hydroxylation is 1. The van der Waals surface area contributed by atoms with Gasteiger partial charge in [-0.2, -0.15) is 0 Å². The van der Waals surface area contributed by atoms with Crippen molar-refractivity contribution in [2.24, 2.45) is 5.92 Å². The Kier molecular flexibility index (Phi) is 4.85. The Labute approximate surface area is 199 Å². The van der Waals surface area contributed by atoms with E-state index in [2.05, 4.69) is 18.1 Å². The first-order valence-electron chi connectivity index (χ1n) is 12.4. The first-order valence-corrected chi connectivity index (χ1v) is 12.4. The third kappa shape index (κ3) is 3.04. The van der Waals surface area contributed by atoms with Crippen molar-refractivity contribution in [3.63, 3.8) is 0 Å². The standard InChI is InChI=1S/C28H30N2O4/c1-18-24(27(32)33-26(31)19-9-4-3-5-10-19)25-21-17-20-11-8-16-30(2)15-7-6-14-28(20,30)34-23(21)13-12-22(25)29-18/h3-5,9-10,12-13,20H,6-8,11,14-17H2,1-2H3/p+1. The number of ether oxygens (including phenoxy) is 2. The summed E-state index contributed by atoms with van der Waals surface area (Å²) in [5.41, 5.74) is 3.27. The van der Waals surface area contributed by atoms with E-state index < -0.39 is 11.9 Å². The van der Waals surface area contributed by atoms with Crippen molar-refractivity contribution in [1.29, 1.82) is 0 Å². The molecule has 34 heavy (non-hydrogen) atoms. The number of aromatic amines is 1. The number of fused-ring (bicyclic) bond motifs is 3. The molecule has 1 spiro atoms. The van der Waals surface area contributed by atoms with E-state index in [1.165, 1.54) is 19.3 Å². The SMILES string of the molecule is Cc1[nH]c2ccc3c(c2c1C(=O)OC(=O)c1ccccc1)CC1CCC[N+]2(C)CCCCC12O3. The number of benzene rings is 2. The maximum absolute atomic E-state index is 13.3. The van der Waals surface area contributed by atoms with Crippen LogP contribution in [0.25, 0.3) is 10.9 Å². The van der Waals surface area contributed by atoms with Crippen molar-refractivity contribution >= 4 is 22.8 Å². The predicted molar refractivity (Wildman–Crippen MR) is 129 cm³/mol. The average molecular weight is 460 g/mol. The van der Waals surface area contributed by atoms with Gasteiger partial charge >= 0.3 is 11.9 Å². The summed E-state index contributed by atoms with van der Waals surface area (Å²) < 4.78 is 13.3. The second-order valence-corrected chi connectivity index (χ2v) is 10.4. The zero-order valence-electron chi connectivity index (χ0n) is 19.9. The van der Waals surface area contributed by atoms with Gasteiger partial charge in [-0.3, -0.25) is 4.48 Å². The number of aromatic nitrogens is 1. The first-order chi connectivity index (χ1) is 16.4. The zero-order valence-corrected chi connectivity index (χ0v) is 19.9. The topological polar surface area (TPSA) is 68.4 Å². The quantitative estimate of drug-likeness (QED) is 0.327. The van der Waals surface area contributed by atoms with Crippen molar-refractivity contribution < 1.29 is 23.5 Å². The maximum Gasteiger partial charge on any atom is 0.348 e. The summed E-state index contributed by atoms with van der Waals surface area (Å²) in [5, 5.41) is 0.839. The third-order valence-corrected chi connectivity index (χ3v) is 8.55. The zero-order chi connectivity index (χ0) is 23.5. The fourth-order valence-electron chi connectivity index (χ4n) is 6.89. The highest BCUT2D eigenvalue weighted by atomic mass is 16.6. The van der Waals surface area contributed by atoms with Crippen molar-refractivity contribution in [3.05, 3.63) is 64.8 Å². The Morgan fingerprint density at radius 3 is 2.68 bits per heavy atom. The Balaban J connectivity index is 1.41. The van der Waals surface area contributed by atoms with Crippen LogP contribution in [-0.2, 0) is 11.2 Å². The molecule has 0 bridgehead atoms. The van der Waals surface area contributed by atoms with E-state index in [9.17, 15) is 9.59 Å². The van der Waals surface area contributed by atoms with E-state index in [-0.39, 0.29) is 5.72 Å². The van der Waals surface area contributed by atoms with Crippen molar-refractivity contribution in [1.82, 2.24) is 4.98 Å². The minimum Gasteiger partial charge on any atom is -0.440 e. The van der Waals surface area contributed by atoms with Crippen LogP contribution in [0.15, 0.2) is 42.5 Å². The van der Waals surface area contributed by atoms with Crippen LogP contribution in [0, 0.1) is 12.8 Å². The number of nitrogens with one attached hydrogen (secondary N) is 1. The summed E-state index contributed by atoms with van der Waals surface area (Å²) in [4.78, 5) is 29.2. The van der Waals surface area contributed by atoms with Crippen LogP contribution in [-0.4, -0.2) is 47.3 Å². The lowest BCUT2D eigenvalue weighted by Crippen LogP contribution is -2.74. The predicted octanol–water partition coefficient (Wildman–Crippen LogP) is 5.15. The Morgan fingerprint density at radius 1 is 1.06 bits per heavy atom. The van der Waals surface area contributed by atoms with E-state index in [1.54, 1.807) is 24.3 Å². The van der Waals surface area contributed by atoms with Crippen LogP contribution in [0.4, 0.5) is 0 Å². The van der Waals surface area contributed by atoms with Gasteiger partial charge in [0.05, 0.1) is 37.2 Å². The Hall–Kier alpha value is -3.12. The van der Waals surface area contributed by atoms with Crippen LogP contribution in [0.5, 0.6) is 5.75 Å². The van der Waals surface area contributed by atoms with Crippen LogP contribution >= 0.6 is 0 Å². The molecule has 0 radical (unpaired) electrons. The molecule has 3 aliphatic rings. The monoisotopic (exact) mass is 459 g/mol. The van der Waals surface area contributed by atoms with Crippen LogP contribution in [0.1, 0.15) is 64.1 Å². The second-order valence-electron chi connectivity index (χ2n) is 10.4. The lowest BCUT2D eigenvalue weighted by Gasteiger charge is -2.60. The molecule has 6 rings (SSSR count). The van der Waals surface area contributed by atoms with Crippen molar-refractivity contribution in [2.75, 3.05) is 20.1 Å². The first kappa shape index (κ1) is 21.4. The molecule has 0 saturated carbocycles. The molecule has 0 aliphatic carbocycles. The van der Waals surface area contributed by atoms with Gasteiger partial charge in [0.25, 0.3) is 0 Å². The van der Waals surface area contributed by atoms with Gasteiger partial charge in [-0.05, 0) is 63.3 Å². The normalized spacial score (nSPS) is 27.8. The van der Waals surface area contributed by atoms with Crippen molar-refractivity contribution in [3.8, 4) is 5.75 Å². The van der Waals surface area contributed by atoms with Gasteiger partial charge in [0.2, 0.25) is 5.72 Å². The molecule has 176 valence electrons. The summed E-state index contributed by atoms with van der Waals surface area (Å²) in [7, 11) is 2.37.